The van der Waals surface area contributed by atoms with Crippen molar-refractivity contribution in [1.29, 1.82) is 0 Å². The second-order valence-electron chi connectivity index (χ2n) is 7.17. The Morgan fingerprint density at radius 1 is 1.23 bits per heavy atom. The van der Waals surface area contributed by atoms with Crippen molar-refractivity contribution in [2.75, 3.05) is 16.9 Å². The van der Waals surface area contributed by atoms with Gasteiger partial charge in [-0.3, -0.25) is 24.1 Å². The molecule has 0 saturated heterocycles. The Morgan fingerprint density at radius 3 is 2.69 bits per heavy atom. The van der Waals surface area contributed by atoms with Crippen molar-refractivity contribution in [1.82, 2.24) is 19.9 Å². The van der Waals surface area contributed by atoms with Crippen LogP contribution in [0, 0.1) is 0 Å². The van der Waals surface area contributed by atoms with Gasteiger partial charge in [-0.2, -0.15) is 13.9 Å². The molecule has 1 aromatic carbocycles. The minimum Gasteiger partial charge on any atom is -0.359 e. The molecule has 6 N–H and O–H groups in total. The highest BCUT2D eigenvalue weighted by atomic mass is 35.5. The van der Waals surface area contributed by atoms with Crippen LogP contribution in [0.5, 0.6) is 0 Å². The molecule has 0 atom stereocenters. The molecule has 0 aliphatic carbocycles. The van der Waals surface area contributed by atoms with E-state index in [-0.39, 0.29) is 17.5 Å². The Bertz CT molecular complexity index is 1260. The molecule has 184 valence electrons. The molecule has 0 spiro atoms. The quantitative estimate of drug-likeness (QED) is 0.139. The zero-order valence-corrected chi connectivity index (χ0v) is 19.0. The standard InChI is InChI=1S/C21H22ClF2N9O2/c22-17-10-29-19(30-12-21(23,24)16-7-3-4-8-27-16)20(35)32(17)11-18(34)28-9-14-5-1-2-6-15(14)33(26)13-31-25/h1-8,10,13H,9,11-12,25-26H2,(H,28,34)(H,29,30)/b31-13-. The normalized spacial score (nSPS) is 11.4. The fourth-order valence-corrected chi connectivity index (χ4v) is 3.23. The first kappa shape index (κ1) is 25.5. The van der Waals surface area contributed by atoms with E-state index in [1.165, 1.54) is 35.7 Å². The Morgan fingerprint density at radius 2 is 1.97 bits per heavy atom. The molecule has 0 unspecified atom stereocenters. The fraction of sp³-hybridized carbons (Fsp3) is 0.190. The van der Waals surface area contributed by atoms with Crippen molar-refractivity contribution in [3.05, 3.63) is 81.6 Å². The maximum Gasteiger partial charge on any atom is 0.306 e. The summed E-state index contributed by atoms with van der Waals surface area (Å²) in [6, 6.07) is 11.0. The van der Waals surface area contributed by atoms with E-state index >= 15 is 0 Å². The molecule has 35 heavy (non-hydrogen) atoms. The number of carbonyl (C=O) groups excluding carboxylic acids is 1. The van der Waals surface area contributed by atoms with E-state index in [1.807, 2.05) is 0 Å². The number of halogens is 3. The van der Waals surface area contributed by atoms with E-state index in [1.54, 1.807) is 24.3 Å². The number of benzene rings is 1. The van der Waals surface area contributed by atoms with Gasteiger partial charge >= 0.3 is 5.92 Å². The van der Waals surface area contributed by atoms with Crippen LogP contribution in [-0.2, 0) is 23.8 Å². The van der Waals surface area contributed by atoms with Gasteiger partial charge in [-0.1, -0.05) is 35.9 Å². The van der Waals surface area contributed by atoms with Crippen LogP contribution in [0.4, 0.5) is 20.3 Å². The Kier molecular flexibility index (Phi) is 8.28. The van der Waals surface area contributed by atoms with E-state index in [9.17, 15) is 18.4 Å². The number of amides is 1. The summed E-state index contributed by atoms with van der Waals surface area (Å²) in [5.41, 5.74) is -0.107. The zero-order chi connectivity index (χ0) is 25.4. The van der Waals surface area contributed by atoms with Crippen LogP contribution in [0.25, 0.3) is 0 Å². The smallest absolute Gasteiger partial charge is 0.306 e. The van der Waals surface area contributed by atoms with E-state index in [0.29, 0.717) is 11.3 Å². The SMILES string of the molecule is N/N=C\N(N)c1ccccc1CNC(=O)Cn1c(Cl)cnc(NCC(F)(F)c2ccccn2)c1=O. The molecule has 11 nitrogen and oxygen atoms in total. The summed E-state index contributed by atoms with van der Waals surface area (Å²) in [6.07, 6.45) is 3.53. The topological polar surface area (TPSA) is 157 Å². The van der Waals surface area contributed by atoms with Gasteiger partial charge in [-0.05, 0) is 23.8 Å². The molecule has 0 saturated carbocycles. The van der Waals surface area contributed by atoms with Crippen molar-refractivity contribution in [3.63, 3.8) is 0 Å². The molecular weight excluding hydrogens is 484 g/mol. The van der Waals surface area contributed by atoms with Crippen LogP contribution in [0.15, 0.2) is 64.8 Å². The molecule has 0 radical (unpaired) electrons. The third-order valence-electron chi connectivity index (χ3n) is 4.76. The lowest BCUT2D eigenvalue weighted by atomic mass is 10.1. The van der Waals surface area contributed by atoms with Gasteiger partial charge in [0, 0.05) is 12.7 Å². The second kappa shape index (κ2) is 11.4. The number of hydrazone groups is 1. The summed E-state index contributed by atoms with van der Waals surface area (Å²) >= 11 is 6.04. The Hall–Kier alpha value is -4.10. The number of hydrogen-bond donors (Lipinski definition) is 4. The molecule has 2 aromatic heterocycles. The van der Waals surface area contributed by atoms with Crippen LogP contribution in [-0.4, -0.2) is 33.3 Å². The second-order valence-corrected chi connectivity index (χ2v) is 7.56. The lowest BCUT2D eigenvalue weighted by Gasteiger charge is -2.18. The number of hydrazine groups is 1. The van der Waals surface area contributed by atoms with Gasteiger partial charge in [0.15, 0.2) is 5.82 Å². The number of nitrogens with two attached hydrogens (primary N) is 2. The minimum absolute atomic E-state index is 0.0694. The molecule has 0 bridgehead atoms. The van der Waals surface area contributed by atoms with Gasteiger partial charge in [-0.15, -0.1) is 0 Å². The van der Waals surface area contributed by atoms with Crippen molar-refractivity contribution >= 4 is 35.4 Å². The molecule has 0 fully saturated rings. The van der Waals surface area contributed by atoms with E-state index in [2.05, 4.69) is 25.7 Å². The average Bonchev–Trinajstić information content (AvgIpc) is 2.85. The molecule has 3 aromatic rings. The summed E-state index contributed by atoms with van der Waals surface area (Å²) in [5.74, 6) is 6.65. The zero-order valence-electron chi connectivity index (χ0n) is 18.2. The number of nitrogens with one attached hydrogen (secondary N) is 2. The van der Waals surface area contributed by atoms with Gasteiger partial charge in [0.05, 0.1) is 18.4 Å². The van der Waals surface area contributed by atoms with Crippen LogP contribution < -0.4 is 32.9 Å². The van der Waals surface area contributed by atoms with E-state index in [0.717, 1.165) is 10.8 Å². The van der Waals surface area contributed by atoms with Crippen molar-refractivity contribution in [2.45, 2.75) is 19.0 Å². The molecule has 0 aliphatic rings. The molecule has 1 amide bonds. The lowest BCUT2D eigenvalue weighted by Crippen LogP contribution is -2.36. The molecule has 14 heteroatoms. The summed E-state index contributed by atoms with van der Waals surface area (Å²) in [4.78, 5) is 32.7. The maximum absolute atomic E-state index is 14.4. The molecule has 0 aliphatic heterocycles. The molecule has 2 heterocycles. The van der Waals surface area contributed by atoms with Gasteiger partial charge < -0.3 is 16.5 Å². The number of hydrogen-bond acceptors (Lipinski definition) is 8. The number of pyridine rings is 1. The third-order valence-corrected chi connectivity index (χ3v) is 5.06. The number of alkyl halides is 2. The first-order valence-electron chi connectivity index (χ1n) is 10.1. The van der Waals surface area contributed by atoms with Gasteiger partial charge in [0.25, 0.3) is 5.56 Å². The molecule has 3 rings (SSSR count). The van der Waals surface area contributed by atoms with Crippen molar-refractivity contribution < 1.29 is 13.6 Å². The highest BCUT2D eigenvalue weighted by molar-refractivity contribution is 6.29. The highest BCUT2D eigenvalue weighted by Crippen LogP contribution is 2.25. The van der Waals surface area contributed by atoms with Gasteiger partial charge in [-0.25, -0.2) is 10.8 Å². The van der Waals surface area contributed by atoms with Crippen LogP contribution >= 0.6 is 11.6 Å². The van der Waals surface area contributed by atoms with Crippen LogP contribution in [0.3, 0.4) is 0 Å². The summed E-state index contributed by atoms with van der Waals surface area (Å²) < 4.78 is 29.7. The number of para-hydroxylation sites is 1. The summed E-state index contributed by atoms with van der Waals surface area (Å²) in [6.45, 7) is -1.33. The minimum atomic E-state index is -3.36. The third kappa shape index (κ3) is 6.49. The highest BCUT2D eigenvalue weighted by Gasteiger charge is 2.33. The summed E-state index contributed by atoms with van der Waals surface area (Å²) in [7, 11) is 0. The predicted molar refractivity (Wildman–Crippen MR) is 128 cm³/mol. The maximum atomic E-state index is 14.4. The number of carbonyl (C=O) groups is 1. The predicted octanol–water partition coefficient (Wildman–Crippen LogP) is 1.39. The number of nitrogens with zero attached hydrogens (tertiary/aromatic N) is 5. The van der Waals surface area contributed by atoms with E-state index in [4.69, 9.17) is 23.3 Å². The van der Waals surface area contributed by atoms with Crippen LogP contribution in [0.1, 0.15) is 11.3 Å². The largest absolute Gasteiger partial charge is 0.359 e. The average molecular weight is 506 g/mol. The first-order chi connectivity index (χ1) is 16.7. The number of rotatable bonds is 10. The fourth-order valence-electron chi connectivity index (χ4n) is 3.04. The molecular formula is C21H22ClF2N9O2. The monoisotopic (exact) mass is 505 g/mol. The van der Waals surface area contributed by atoms with Crippen LogP contribution in [0.2, 0.25) is 5.15 Å². The Labute approximate surface area is 203 Å². The number of anilines is 2. The van der Waals surface area contributed by atoms with E-state index < -0.39 is 36.2 Å². The van der Waals surface area contributed by atoms with Gasteiger partial charge in [0.2, 0.25) is 5.91 Å². The lowest BCUT2D eigenvalue weighted by molar-refractivity contribution is -0.121. The summed E-state index contributed by atoms with van der Waals surface area (Å²) in [5, 5.41) is 9.37. The van der Waals surface area contributed by atoms with Gasteiger partial charge in [0.1, 0.15) is 23.7 Å². The Balaban J connectivity index is 1.68. The first-order valence-corrected chi connectivity index (χ1v) is 10.5. The van der Waals surface area contributed by atoms with Crippen molar-refractivity contribution in [3.8, 4) is 0 Å². The van der Waals surface area contributed by atoms with Crippen molar-refractivity contribution in [2.24, 2.45) is 16.8 Å². The number of aromatic nitrogens is 3.